The summed E-state index contributed by atoms with van der Waals surface area (Å²) in [6, 6.07) is 7.22. The van der Waals surface area contributed by atoms with E-state index in [1.807, 2.05) is 12.1 Å². The third-order valence-corrected chi connectivity index (χ3v) is 1.88. The summed E-state index contributed by atoms with van der Waals surface area (Å²) < 4.78 is 14.8. The predicted octanol–water partition coefficient (Wildman–Crippen LogP) is 1.43. The third kappa shape index (κ3) is 4.08. The number of nitrogens with one attached hydrogen (secondary N) is 1. The smallest absolute Gasteiger partial charge is 0.406 e. The van der Waals surface area contributed by atoms with Gasteiger partial charge in [0.25, 0.3) is 0 Å². The maximum atomic E-state index is 10.7. The second-order valence-electron chi connectivity index (χ2n) is 2.94. The lowest BCUT2D eigenvalue weighted by molar-refractivity contribution is 0.168. The van der Waals surface area contributed by atoms with Crippen LogP contribution in [0.2, 0.25) is 0 Å². The minimum Gasteiger partial charge on any atom is -0.497 e. The number of ether oxygens (including phenoxy) is 3. The number of rotatable bonds is 5. The zero-order valence-corrected chi connectivity index (χ0v) is 9.36. The van der Waals surface area contributed by atoms with Crippen LogP contribution in [0, 0.1) is 0 Å². The normalized spacial score (nSPS) is 9.38. The summed E-state index contributed by atoms with van der Waals surface area (Å²) in [5.74, 6) is 1.51. The van der Waals surface area contributed by atoms with Crippen molar-refractivity contribution in [2.75, 3.05) is 27.4 Å². The molecule has 1 rings (SSSR count). The van der Waals surface area contributed by atoms with Crippen molar-refractivity contribution in [3.63, 3.8) is 0 Å². The van der Waals surface area contributed by atoms with E-state index in [9.17, 15) is 4.79 Å². The van der Waals surface area contributed by atoms with Gasteiger partial charge in [0.1, 0.15) is 18.1 Å². The second-order valence-corrected chi connectivity index (χ2v) is 2.94. The first-order valence-corrected chi connectivity index (χ1v) is 4.85. The highest BCUT2D eigenvalue weighted by Crippen LogP contribution is 2.16. The Morgan fingerprint density at radius 3 is 2.38 bits per heavy atom. The maximum Gasteiger partial charge on any atom is 0.406 e. The Bertz CT molecular complexity index is 323. The molecule has 0 unspecified atom stereocenters. The number of carbonyl (C=O) groups is 1. The summed E-state index contributed by atoms with van der Waals surface area (Å²) >= 11 is 0. The highest BCUT2D eigenvalue weighted by molar-refractivity contribution is 5.66. The van der Waals surface area contributed by atoms with E-state index in [2.05, 4.69) is 10.1 Å². The summed E-state index contributed by atoms with van der Waals surface area (Å²) in [7, 11) is 2.93. The van der Waals surface area contributed by atoms with Crippen molar-refractivity contribution >= 4 is 6.09 Å². The highest BCUT2D eigenvalue weighted by atomic mass is 16.5. The van der Waals surface area contributed by atoms with E-state index in [-0.39, 0.29) is 0 Å². The largest absolute Gasteiger partial charge is 0.497 e. The fourth-order valence-corrected chi connectivity index (χ4v) is 1.07. The molecule has 0 aliphatic heterocycles. The SMILES string of the molecule is COC(=O)NCCOc1ccc(OC)cc1. The van der Waals surface area contributed by atoms with Gasteiger partial charge in [0, 0.05) is 0 Å². The average molecular weight is 225 g/mol. The van der Waals surface area contributed by atoms with Crippen molar-refractivity contribution in [3.8, 4) is 11.5 Å². The van der Waals surface area contributed by atoms with Gasteiger partial charge in [-0.15, -0.1) is 0 Å². The molecular weight excluding hydrogens is 210 g/mol. The molecule has 0 heterocycles. The zero-order chi connectivity index (χ0) is 11.8. The lowest BCUT2D eigenvalue weighted by Gasteiger charge is -2.07. The molecule has 1 aromatic carbocycles. The van der Waals surface area contributed by atoms with Gasteiger partial charge < -0.3 is 19.5 Å². The third-order valence-electron chi connectivity index (χ3n) is 1.88. The Morgan fingerprint density at radius 2 is 1.81 bits per heavy atom. The summed E-state index contributed by atoms with van der Waals surface area (Å²) in [6.45, 7) is 0.792. The van der Waals surface area contributed by atoms with E-state index in [1.54, 1.807) is 19.2 Å². The summed E-state index contributed by atoms with van der Waals surface area (Å²) in [5.41, 5.74) is 0. The Hall–Kier alpha value is -1.91. The molecule has 0 aromatic heterocycles. The minimum absolute atomic E-state index is 0.390. The molecule has 0 radical (unpaired) electrons. The van der Waals surface area contributed by atoms with Crippen LogP contribution in [-0.4, -0.2) is 33.5 Å². The van der Waals surface area contributed by atoms with Gasteiger partial charge in [-0.1, -0.05) is 0 Å². The second kappa shape index (κ2) is 6.55. The fourth-order valence-electron chi connectivity index (χ4n) is 1.07. The monoisotopic (exact) mass is 225 g/mol. The predicted molar refractivity (Wildman–Crippen MR) is 58.9 cm³/mol. The molecule has 16 heavy (non-hydrogen) atoms. The Balaban J connectivity index is 2.24. The molecule has 0 bridgehead atoms. The first-order chi connectivity index (χ1) is 7.76. The van der Waals surface area contributed by atoms with E-state index in [0.29, 0.717) is 13.2 Å². The van der Waals surface area contributed by atoms with Crippen molar-refractivity contribution in [2.45, 2.75) is 0 Å². The number of benzene rings is 1. The van der Waals surface area contributed by atoms with E-state index in [4.69, 9.17) is 9.47 Å². The molecule has 0 spiro atoms. The molecule has 5 heteroatoms. The number of alkyl carbamates (subject to hydrolysis) is 1. The Morgan fingerprint density at radius 1 is 1.19 bits per heavy atom. The molecular formula is C11H15NO4. The van der Waals surface area contributed by atoms with E-state index in [1.165, 1.54) is 7.11 Å². The van der Waals surface area contributed by atoms with Crippen LogP contribution in [0.1, 0.15) is 0 Å². The molecule has 0 fully saturated rings. The average Bonchev–Trinajstić information content (AvgIpc) is 2.35. The number of hydrogen-bond acceptors (Lipinski definition) is 4. The minimum atomic E-state index is -0.460. The van der Waals surface area contributed by atoms with Crippen LogP contribution in [0.5, 0.6) is 11.5 Å². The van der Waals surface area contributed by atoms with Gasteiger partial charge in [-0.3, -0.25) is 0 Å². The molecule has 5 nitrogen and oxygen atoms in total. The van der Waals surface area contributed by atoms with Crippen LogP contribution in [-0.2, 0) is 4.74 Å². The van der Waals surface area contributed by atoms with Crippen molar-refractivity contribution in [3.05, 3.63) is 24.3 Å². The fraction of sp³-hybridized carbons (Fsp3) is 0.364. The molecule has 0 saturated heterocycles. The van der Waals surface area contributed by atoms with Crippen LogP contribution in [0.15, 0.2) is 24.3 Å². The highest BCUT2D eigenvalue weighted by Gasteiger charge is 1.98. The van der Waals surface area contributed by atoms with Gasteiger partial charge in [-0.25, -0.2) is 4.79 Å². The first kappa shape index (κ1) is 12.2. The molecule has 0 aliphatic rings. The molecule has 88 valence electrons. The summed E-state index contributed by atoms with van der Waals surface area (Å²) in [5, 5.41) is 2.51. The number of amides is 1. The molecule has 1 amide bonds. The van der Waals surface area contributed by atoms with Gasteiger partial charge in [-0.2, -0.15) is 0 Å². The molecule has 0 saturated carbocycles. The topological polar surface area (TPSA) is 56.8 Å². The first-order valence-electron chi connectivity index (χ1n) is 4.85. The lowest BCUT2D eigenvalue weighted by atomic mass is 10.3. The van der Waals surface area contributed by atoms with Gasteiger partial charge in [0.05, 0.1) is 20.8 Å². The molecule has 1 aromatic rings. The molecule has 1 N–H and O–H groups in total. The Labute approximate surface area is 94.3 Å². The van der Waals surface area contributed by atoms with Crippen LogP contribution >= 0.6 is 0 Å². The van der Waals surface area contributed by atoms with Gasteiger partial charge in [-0.05, 0) is 24.3 Å². The van der Waals surface area contributed by atoms with Gasteiger partial charge in [0.2, 0.25) is 0 Å². The van der Waals surface area contributed by atoms with Gasteiger partial charge >= 0.3 is 6.09 Å². The molecule has 0 aliphatic carbocycles. The van der Waals surface area contributed by atoms with Crippen molar-refractivity contribution in [1.82, 2.24) is 5.32 Å². The lowest BCUT2D eigenvalue weighted by Crippen LogP contribution is -2.27. The number of carbonyl (C=O) groups excluding carboxylic acids is 1. The summed E-state index contributed by atoms with van der Waals surface area (Å²) in [6.07, 6.45) is -0.460. The van der Waals surface area contributed by atoms with Gasteiger partial charge in [0.15, 0.2) is 0 Å². The standard InChI is InChI=1S/C11H15NO4/c1-14-9-3-5-10(6-4-9)16-8-7-12-11(13)15-2/h3-6H,7-8H2,1-2H3,(H,12,13). The quantitative estimate of drug-likeness (QED) is 0.770. The van der Waals surface area contributed by atoms with Crippen LogP contribution in [0.3, 0.4) is 0 Å². The number of hydrogen-bond donors (Lipinski definition) is 1. The summed E-state index contributed by atoms with van der Waals surface area (Å²) in [4.78, 5) is 10.7. The van der Waals surface area contributed by atoms with Crippen LogP contribution < -0.4 is 14.8 Å². The van der Waals surface area contributed by atoms with E-state index in [0.717, 1.165) is 11.5 Å². The maximum absolute atomic E-state index is 10.7. The number of methoxy groups -OCH3 is 2. The van der Waals surface area contributed by atoms with Crippen molar-refractivity contribution in [1.29, 1.82) is 0 Å². The van der Waals surface area contributed by atoms with Crippen LogP contribution in [0.25, 0.3) is 0 Å². The van der Waals surface area contributed by atoms with Crippen LogP contribution in [0.4, 0.5) is 4.79 Å². The molecule has 0 atom stereocenters. The van der Waals surface area contributed by atoms with Crippen molar-refractivity contribution in [2.24, 2.45) is 0 Å². The van der Waals surface area contributed by atoms with Crippen molar-refractivity contribution < 1.29 is 19.0 Å². The van der Waals surface area contributed by atoms with E-state index < -0.39 is 6.09 Å². The van der Waals surface area contributed by atoms with E-state index >= 15 is 0 Å². The zero-order valence-electron chi connectivity index (χ0n) is 9.36. The Kier molecular flexibility index (Phi) is 4.98.